The van der Waals surface area contributed by atoms with Crippen LogP contribution >= 0.6 is 7.82 Å². The van der Waals surface area contributed by atoms with Crippen LogP contribution in [0, 0.1) is 0 Å². The highest BCUT2D eigenvalue weighted by Crippen LogP contribution is 2.43. The van der Waals surface area contributed by atoms with Gasteiger partial charge in [-0.15, -0.1) is 0 Å². The van der Waals surface area contributed by atoms with E-state index >= 15 is 0 Å². The van der Waals surface area contributed by atoms with Crippen LogP contribution in [0.4, 0.5) is 0 Å². The number of carbonyl (C=O) groups is 1. The summed E-state index contributed by atoms with van der Waals surface area (Å²) >= 11 is 0. The molecule has 3 atom stereocenters. The Kier molecular flexibility index (Phi) is 39.3. The number of unbranched alkanes of at least 4 members (excludes halogenated alkanes) is 22. The largest absolute Gasteiger partial charge is 0.472 e. The minimum absolute atomic E-state index is 0.0508. The van der Waals surface area contributed by atoms with Gasteiger partial charge in [-0.3, -0.25) is 13.8 Å². The van der Waals surface area contributed by atoms with Crippen LogP contribution in [0.15, 0.2) is 60.8 Å². The molecule has 0 saturated carbocycles. The van der Waals surface area contributed by atoms with Gasteiger partial charge in [0.15, 0.2) is 0 Å². The molecule has 3 unspecified atom stereocenters. The third-order valence-corrected chi connectivity index (χ3v) is 11.2. The molecule has 0 aromatic rings. The van der Waals surface area contributed by atoms with Gasteiger partial charge >= 0.3 is 7.82 Å². The molecule has 1 amide bonds. The topological polar surface area (TPSA) is 105 Å². The van der Waals surface area contributed by atoms with Gasteiger partial charge in [-0.25, -0.2) is 4.57 Å². The summed E-state index contributed by atoms with van der Waals surface area (Å²) in [6, 6.07) is -0.872. The number of phosphoric ester groups is 1. The molecule has 0 heterocycles. The van der Waals surface area contributed by atoms with Gasteiger partial charge in [-0.05, 0) is 70.6 Å². The number of rotatable bonds is 42. The van der Waals surface area contributed by atoms with Crippen molar-refractivity contribution in [1.29, 1.82) is 0 Å². The molecule has 338 valence electrons. The van der Waals surface area contributed by atoms with Gasteiger partial charge < -0.3 is 19.8 Å². The standard InChI is InChI=1S/C49H91N2O6P/c1-6-8-10-12-14-16-18-20-22-24-25-27-29-31-33-35-37-39-41-43-49(53)50-47(46-57-58(54,55)56-45-44-51(3,4)5)48(52)42-40-38-36-34-32-30-28-26-23-21-19-17-15-13-11-9-7-2/h14,16,18,20,23,26,32,34,40,42,47-48,52H,6-13,15,17,19,21-22,24-25,27-31,33,35-39,41,43-46H2,1-5H3,(H-,50,53,54,55)/p+1/b16-14-,20-18-,26-23+,34-32+,42-40+. The van der Waals surface area contributed by atoms with E-state index in [1.807, 2.05) is 27.2 Å². The summed E-state index contributed by atoms with van der Waals surface area (Å²) in [6.07, 6.45) is 52.9. The van der Waals surface area contributed by atoms with Gasteiger partial charge in [0.25, 0.3) is 0 Å². The third-order valence-electron chi connectivity index (χ3n) is 10.2. The Bertz CT molecular complexity index is 1130. The van der Waals surface area contributed by atoms with Gasteiger partial charge in [0.05, 0.1) is 39.9 Å². The fourth-order valence-corrected chi connectivity index (χ4v) is 7.15. The van der Waals surface area contributed by atoms with Crippen molar-refractivity contribution in [2.24, 2.45) is 0 Å². The minimum atomic E-state index is -4.35. The molecular formula is C49H92N2O6P+. The molecule has 0 rings (SSSR count). The minimum Gasteiger partial charge on any atom is -0.387 e. The highest BCUT2D eigenvalue weighted by atomic mass is 31.2. The summed E-state index contributed by atoms with van der Waals surface area (Å²) in [5, 5.41) is 13.8. The van der Waals surface area contributed by atoms with Crippen molar-refractivity contribution < 1.29 is 32.9 Å². The molecule has 0 aromatic heterocycles. The van der Waals surface area contributed by atoms with E-state index in [0.29, 0.717) is 17.4 Å². The number of allylic oxidation sites excluding steroid dienone is 9. The Hall–Kier alpha value is -1.80. The quantitative estimate of drug-likeness (QED) is 0.0186. The number of aliphatic hydroxyl groups excluding tert-OH is 1. The third kappa shape index (κ3) is 42.3. The predicted octanol–water partition coefficient (Wildman–Crippen LogP) is 13.4. The maximum atomic E-state index is 12.9. The molecule has 0 fully saturated rings. The van der Waals surface area contributed by atoms with Crippen LogP contribution in [0.25, 0.3) is 0 Å². The summed E-state index contributed by atoms with van der Waals surface area (Å²) in [7, 11) is 1.54. The van der Waals surface area contributed by atoms with E-state index in [9.17, 15) is 19.4 Å². The van der Waals surface area contributed by atoms with E-state index in [2.05, 4.69) is 67.8 Å². The molecule has 0 aliphatic rings. The van der Waals surface area contributed by atoms with Crippen LogP contribution in [0.2, 0.25) is 0 Å². The first-order valence-corrected chi connectivity index (χ1v) is 25.2. The molecule has 0 radical (unpaired) electrons. The van der Waals surface area contributed by atoms with E-state index in [0.717, 1.165) is 44.9 Å². The highest BCUT2D eigenvalue weighted by molar-refractivity contribution is 7.47. The second-order valence-electron chi connectivity index (χ2n) is 17.1. The number of amides is 1. The average Bonchev–Trinajstić information content (AvgIpc) is 3.17. The van der Waals surface area contributed by atoms with E-state index in [1.54, 1.807) is 6.08 Å². The van der Waals surface area contributed by atoms with Crippen LogP contribution in [0.3, 0.4) is 0 Å². The predicted molar refractivity (Wildman–Crippen MR) is 249 cm³/mol. The molecule has 0 aromatic carbocycles. The molecule has 0 aliphatic carbocycles. The molecule has 58 heavy (non-hydrogen) atoms. The lowest BCUT2D eigenvalue weighted by atomic mass is 10.0. The zero-order chi connectivity index (χ0) is 42.8. The number of nitrogens with zero attached hydrogens (tertiary/aromatic N) is 1. The number of likely N-dealkylation sites (N-methyl/N-ethyl adjacent to an activating group) is 1. The van der Waals surface area contributed by atoms with E-state index in [4.69, 9.17) is 9.05 Å². The van der Waals surface area contributed by atoms with Crippen molar-refractivity contribution in [3.05, 3.63) is 60.8 Å². The van der Waals surface area contributed by atoms with Crippen LogP contribution in [0.5, 0.6) is 0 Å². The van der Waals surface area contributed by atoms with Crippen molar-refractivity contribution in [3.63, 3.8) is 0 Å². The maximum Gasteiger partial charge on any atom is 0.472 e. The fourth-order valence-electron chi connectivity index (χ4n) is 6.42. The Morgan fingerprint density at radius 2 is 1.00 bits per heavy atom. The normalized spacial score (nSPS) is 14.8. The lowest BCUT2D eigenvalue weighted by Gasteiger charge is -2.25. The Morgan fingerprint density at radius 3 is 1.52 bits per heavy atom. The number of phosphoric acid groups is 1. The zero-order valence-electron chi connectivity index (χ0n) is 38.3. The average molecular weight is 836 g/mol. The lowest BCUT2D eigenvalue weighted by Crippen LogP contribution is -2.45. The van der Waals surface area contributed by atoms with Gasteiger partial charge in [0.1, 0.15) is 13.2 Å². The van der Waals surface area contributed by atoms with Crippen molar-refractivity contribution >= 4 is 13.7 Å². The monoisotopic (exact) mass is 836 g/mol. The smallest absolute Gasteiger partial charge is 0.387 e. The lowest BCUT2D eigenvalue weighted by molar-refractivity contribution is -0.870. The fraction of sp³-hybridized carbons (Fsp3) is 0.776. The van der Waals surface area contributed by atoms with Crippen molar-refractivity contribution in [2.45, 2.75) is 206 Å². The Balaban J connectivity index is 4.46. The molecular weight excluding hydrogens is 744 g/mol. The Morgan fingerprint density at radius 1 is 0.586 bits per heavy atom. The number of quaternary nitrogens is 1. The number of carbonyl (C=O) groups excluding carboxylic acids is 1. The van der Waals surface area contributed by atoms with E-state index < -0.39 is 20.0 Å². The van der Waals surface area contributed by atoms with Crippen molar-refractivity contribution in [2.75, 3.05) is 40.9 Å². The Labute approximate surface area is 358 Å². The molecule has 0 saturated heterocycles. The van der Waals surface area contributed by atoms with E-state index in [-0.39, 0.29) is 19.1 Å². The number of aliphatic hydroxyl groups is 1. The molecule has 8 nitrogen and oxygen atoms in total. The summed E-state index contributed by atoms with van der Waals surface area (Å²) < 4.78 is 23.6. The summed E-state index contributed by atoms with van der Waals surface area (Å²) in [4.78, 5) is 23.2. The second kappa shape index (κ2) is 40.6. The molecule has 0 spiro atoms. The number of hydrogen-bond donors (Lipinski definition) is 3. The zero-order valence-corrected chi connectivity index (χ0v) is 39.2. The van der Waals surface area contributed by atoms with Crippen LogP contribution in [-0.4, -0.2) is 73.4 Å². The van der Waals surface area contributed by atoms with Crippen molar-refractivity contribution in [1.82, 2.24) is 5.32 Å². The molecule has 9 heteroatoms. The van der Waals surface area contributed by atoms with Gasteiger partial charge in [0.2, 0.25) is 5.91 Å². The highest BCUT2D eigenvalue weighted by Gasteiger charge is 2.27. The second-order valence-corrected chi connectivity index (χ2v) is 18.6. The first kappa shape index (κ1) is 56.2. The SMILES string of the molecule is CCCCC/C=C\C=C/CCCCCCCCCCCCC(=O)NC(COP(=O)(O)OCC[N+](C)(C)C)C(O)/C=C/CC/C=C/CC/C=C/CCCCCCCCC. The molecule has 0 aliphatic heterocycles. The summed E-state index contributed by atoms with van der Waals surface area (Å²) in [6.45, 7) is 4.74. The number of hydrogen-bond acceptors (Lipinski definition) is 5. The van der Waals surface area contributed by atoms with Gasteiger partial charge in [0, 0.05) is 6.42 Å². The molecule has 0 bridgehead atoms. The van der Waals surface area contributed by atoms with E-state index in [1.165, 1.54) is 128 Å². The molecule has 3 N–H and O–H groups in total. The first-order chi connectivity index (χ1) is 28.0. The first-order valence-electron chi connectivity index (χ1n) is 23.7. The van der Waals surface area contributed by atoms with Crippen LogP contribution < -0.4 is 5.32 Å². The van der Waals surface area contributed by atoms with Crippen molar-refractivity contribution in [3.8, 4) is 0 Å². The van der Waals surface area contributed by atoms with Crippen LogP contribution in [-0.2, 0) is 18.4 Å². The number of nitrogens with one attached hydrogen (secondary N) is 1. The van der Waals surface area contributed by atoms with Gasteiger partial charge in [-0.2, -0.15) is 0 Å². The van der Waals surface area contributed by atoms with Crippen LogP contribution in [0.1, 0.15) is 194 Å². The summed E-state index contributed by atoms with van der Waals surface area (Å²) in [5.74, 6) is -0.197. The summed E-state index contributed by atoms with van der Waals surface area (Å²) in [5.41, 5.74) is 0. The maximum absolute atomic E-state index is 12.9. The van der Waals surface area contributed by atoms with Gasteiger partial charge in [-0.1, -0.05) is 177 Å².